The van der Waals surface area contributed by atoms with Gasteiger partial charge in [-0.15, -0.1) is 0 Å². The maximum atomic E-state index is 5.86. The fourth-order valence-electron chi connectivity index (χ4n) is 2.36. The van der Waals surface area contributed by atoms with Crippen molar-refractivity contribution in [2.75, 3.05) is 13.2 Å². The zero-order valence-corrected chi connectivity index (χ0v) is 13.5. The summed E-state index contributed by atoms with van der Waals surface area (Å²) in [5, 5.41) is 3.65. The molecule has 0 aliphatic carbocycles. The van der Waals surface area contributed by atoms with Crippen molar-refractivity contribution in [2.24, 2.45) is 0 Å². The molecule has 1 aromatic rings. The topological polar surface area (TPSA) is 21.3 Å². The van der Waals surface area contributed by atoms with E-state index in [0.717, 1.165) is 25.3 Å². The highest BCUT2D eigenvalue weighted by Crippen LogP contribution is 2.14. The SMILES string of the molecule is CCCCCC(CCOc1cccc(C)c1)NCCC. The predicted molar refractivity (Wildman–Crippen MR) is 87.5 cm³/mol. The first kappa shape index (κ1) is 17.0. The van der Waals surface area contributed by atoms with Gasteiger partial charge in [0.05, 0.1) is 6.61 Å². The summed E-state index contributed by atoms with van der Waals surface area (Å²) in [6, 6.07) is 8.90. The van der Waals surface area contributed by atoms with Crippen LogP contribution < -0.4 is 10.1 Å². The Balaban J connectivity index is 2.29. The van der Waals surface area contributed by atoms with E-state index in [0.29, 0.717) is 6.04 Å². The van der Waals surface area contributed by atoms with Crippen molar-refractivity contribution in [1.29, 1.82) is 0 Å². The van der Waals surface area contributed by atoms with Crippen molar-refractivity contribution >= 4 is 0 Å². The Morgan fingerprint density at radius 2 is 1.95 bits per heavy atom. The molecule has 1 unspecified atom stereocenters. The zero-order chi connectivity index (χ0) is 14.6. The van der Waals surface area contributed by atoms with Crippen LogP contribution in [0.1, 0.15) is 57.9 Å². The van der Waals surface area contributed by atoms with Crippen molar-refractivity contribution in [2.45, 2.75) is 65.3 Å². The fraction of sp³-hybridized carbons (Fsp3) is 0.667. The van der Waals surface area contributed by atoms with Crippen LogP contribution in [0.3, 0.4) is 0 Å². The number of ether oxygens (including phenoxy) is 1. The molecule has 0 fully saturated rings. The normalized spacial score (nSPS) is 12.3. The fourth-order valence-corrected chi connectivity index (χ4v) is 2.36. The number of unbranched alkanes of at least 4 members (excludes halogenated alkanes) is 2. The summed E-state index contributed by atoms with van der Waals surface area (Å²) >= 11 is 0. The molecule has 20 heavy (non-hydrogen) atoms. The zero-order valence-electron chi connectivity index (χ0n) is 13.5. The van der Waals surface area contributed by atoms with E-state index in [4.69, 9.17) is 4.74 Å². The van der Waals surface area contributed by atoms with Gasteiger partial charge in [-0.25, -0.2) is 0 Å². The second kappa shape index (κ2) is 10.7. The summed E-state index contributed by atoms with van der Waals surface area (Å²) in [5.74, 6) is 0.993. The predicted octanol–water partition coefficient (Wildman–Crippen LogP) is 4.71. The lowest BCUT2D eigenvalue weighted by Crippen LogP contribution is -2.31. The lowest BCUT2D eigenvalue weighted by Gasteiger charge is -2.18. The third-order valence-corrected chi connectivity index (χ3v) is 3.56. The van der Waals surface area contributed by atoms with Crippen LogP contribution in [-0.2, 0) is 0 Å². The summed E-state index contributed by atoms with van der Waals surface area (Å²) in [6.07, 6.45) is 7.51. The second-order valence-corrected chi connectivity index (χ2v) is 5.60. The molecule has 0 radical (unpaired) electrons. The molecule has 0 saturated carbocycles. The molecule has 0 aromatic heterocycles. The molecule has 0 aliphatic heterocycles. The summed E-state index contributed by atoms with van der Waals surface area (Å²) in [4.78, 5) is 0. The number of benzene rings is 1. The van der Waals surface area contributed by atoms with Gasteiger partial charge >= 0.3 is 0 Å². The largest absolute Gasteiger partial charge is 0.494 e. The van der Waals surface area contributed by atoms with Crippen LogP contribution in [0, 0.1) is 6.92 Å². The van der Waals surface area contributed by atoms with E-state index in [2.05, 4.69) is 44.3 Å². The van der Waals surface area contributed by atoms with E-state index in [9.17, 15) is 0 Å². The van der Waals surface area contributed by atoms with Gasteiger partial charge in [-0.3, -0.25) is 0 Å². The molecule has 0 spiro atoms. The maximum Gasteiger partial charge on any atom is 0.119 e. The van der Waals surface area contributed by atoms with E-state index in [1.807, 2.05) is 6.07 Å². The van der Waals surface area contributed by atoms with Gasteiger partial charge < -0.3 is 10.1 Å². The Morgan fingerprint density at radius 1 is 1.10 bits per heavy atom. The lowest BCUT2D eigenvalue weighted by molar-refractivity contribution is 0.278. The Hall–Kier alpha value is -1.02. The van der Waals surface area contributed by atoms with Crippen molar-refractivity contribution in [3.05, 3.63) is 29.8 Å². The van der Waals surface area contributed by atoms with Gasteiger partial charge in [0.15, 0.2) is 0 Å². The lowest BCUT2D eigenvalue weighted by atomic mass is 10.1. The summed E-state index contributed by atoms with van der Waals surface area (Å²) in [5.41, 5.74) is 1.26. The smallest absolute Gasteiger partial charge is 0.119 e. The summed E-state index contributed by atoms with van der Waals surface area (Å²) < 4.78 is 5.86. The minimum atomic E-state index is 0.603. The number of nitrogens with one attached hydrogen (secondary N) is 1. The standard InChI is InChI=1S/C18H31NO/c1-4-6-7-10-17(19-13-5-2)12-14-20-18-11-8-9-16(3)15-18/h8-9,11,15,17,19H,4-7,10,12-14H2,1-3H3. The summed E-state index contributed by atoms with van der Waals surface area (Å²) in [7, 11) is 0. The van der Waals surface area contributed by atoms with Gasteiger partial charge in [0, 0.05) is 6.04 Å². The van der Waals surface area contributed by atoms with Gasteiger partial charge in [-0.05, 0) is 50.4 Å². The first-order chi connectivity index (χ1) is 9.76. The van der Waals surface area contributed by atoms with Crippen LogP contribution in [-0.4, -0.2) is 19.2 Å². The highest BCUT2D eigenvalue weighted by molar-refractivity contribution is 5.27. The minimum absolute atomic E-state index is 0.603. The first-order valence-electron chi connectivity index (χ1n) is 8.19. The quantitative estimate of drug-likeness (QED) is 0.591. The average Bonchev–Trinajstić information content (AvgIpc) is 2.44. The molecular formula is C18H31NO. The van der Waals surface area contributed by atoms with Crippen LogP contribution in [0.4, 0.5) is 0 Å². The maximum absolute atomic E-state index is 5.86. The average molecular weight is 277 g/mol. The minimum Gasteiger partial charge on any atom is -0.494 e. The van der Waals surface area contributed by atoms with E-state index in [1.54, 1.807) is 0 Å². The molecule has 1 aromatic carbocycles. The van der Waals surface area contributed by atoms with E-state index < -0.39 is 0 Å². The molecule has 1 atom stereocenters. The molecule has 0 bridgehead atoms. The molecule has 1 N–H and O–H groups in total. The molecule has 0 aliphatic rings. The monoisotopic (exact) mass is 277 g/mol. The van der Waals surface area contributed by atoms with Gasteiger partial charge in [0.25, 0.3) is 0 Å². The van der Waals surface area contributed by atoms with Crippen LogP contribution in [0.5, 0.6) is 5.75 Å². The van der Waals surface area contributed by atoms with Crippen LogP contribution in [0.15, 0.2) is 24.3 Å². The number of hydrogen-bond donors (Lipinski definition) is 1. The van der Waals surface area contributed by atoms with E-state index in [1.165, 1.54) is 37.7 Å². The number of hydrogen-bond acceptors (Lipinski definition) is 2. The van der Waals surface area contributed by atoms with E-state index >= 15 is 0 Å². The molecule has 2 nitrogen and oxygen atoms in total. The van der Waals surface area contributed by atoms with Crippen molar-refractivity contribution in [1.82, 2.24) is 5.32 Å². The van der Waals surface area contributed by atoms with Crippen LogP contribution in [0.25, 0.3) is 0 Å². The Labute approximate surface area is 124 Å². The van der Waals surface area contributed by atoms with Gasteiger partial charge in [-0.1, -0.05) is 45.2 Å². The van der Waals surface area contributed by atoms with Gasteiger partial charge in [0.1, 0.15) is 5.75 Å². The van der Waals surface area contributed by atoms with Crippen molar-refractivity contribution in [3.63, 3.8) is 0 Å². The second-order valence-electron chi connectivity index (χ2n) is 5.60. The molecule has 0 amide bonds. The van der Waals surface area contributed by atoms with Crippen molar-refractivity contribution in [3.8, 4) is 5.75 Å². The molecule has 0 heterocycles. The Kier molecular flexibility index (Phi) is 9.14. The molecule has 114 valence electrons. The third-order valence-electron chi connectivity index (χ3n) is 3.56. The van der Waals surface area contributed by atoms with Gasteiger partial charge in [-0.2, -0.15) is 0 Å². The number of rotatable bonds is 11. The molecular weight excluding hydrogens is 246 g/mol. The highest BCUT2D eigenvalue weighted by atomic mass is 16.5. The molecule has 0 saturated heterocycles. The molecule has 1 rings (SSSR count). The van der Waals surface area contributed by atoms with Crippen LogP contribution >= 0.6 is 0 Å². The first-order valence-corrected chi connectivity index (χ1v) is 8.19. The Bertz CT molecular complexity index is 351. The van der Waals surface area contributed by atoms with E-state index in [-0.39, 0.29) is 0 Å². The molecule has 2 heteroatoms. The van der Waals surface area contributed by atoms with Gasteiger partial charge in [0.2, 0.25) is 0 Å². The van der Waals surface area contributed by atoms with Crippen molar-refractivity contribution < 1.29 is 4.74 Å². The summed E-state index contributed by atoms with van der Waals surface area (Å²) in [6.45, 7) is 8.50. The third kappa shape index (κ3) is 7.54. The van der Waals surface area contributed by atoms with Crippen LogP contribution in [0.2, 0.25) is 0 Å². The highest BCUT2D eigenvalue weighted by Gasteiger charge is 2.07. The number of aryl methyl sites for hydroxylation is 1. The Morgan fingerprint density at radius 3 is 2.65 bits per heavy atom.